The first-order chi connectivity index (χ1) is 21.6. The zero-order valence-corrected chi connectivity index (χ0v) is 26.8. The number of amides is 4. The zero-order chi connectivity index (χ0) is 33.6. The third kappa shape index (κ3) is 6.07. The van der Waals surface area contributed by atoms with Gasteiger partial charge in [-0.1, -0.05) is 65.8 Å². The van der Waals surface area contributed by atoms with Crippen LogP contribution in [0.25, 0.3) is 0 Å². The van der Waals surface area contributed by atoms with Crippen molar-refractivity contribution in [1.82, 2.24) is 9.80 Å². The van der Waals surface area contributed by atoms with E-state index >= 15 is 0 Å². The van der Waals surface area contributed by atoms with Crippen LogP contribution in [0.15, 0.2) is 60.7 Å². The van der Waals surface area contributed by atoms with Gasteiger partial charge in [-0.2, -0.15) is 0 Å². The first-order valence-electron chi connectivity index (χ1n) is 15.0. The van der Waals surface area contributed by atoms with Gasteiger partial charge >= 0.3 is 11.9 Å². The smallest absolute Gasteiger partial charge is 0.339 e. The Morgan fingerprint density at radius 3 is 1.24 bits per heavy atom. The molecule has 2 aliphatic rings. The lowest BCUT2D eigenvalue weighted by Gasteiger charge is -2.19. The molecule has 0 spiro atoms. The summed E-state index contributed by atoms with van der Waals surface area (Å²) in [5, 5.41) is 0. The van der Waals surface area contributed by atoms with Crippen molar-refractivity contribution >= 4 is 35.6 Å². The molecule has 5 rings (SSSR count). The number of benzene rings is 3. The van der Waals surface area contributed by atoms with Gasteiger partial charge in [-0.25, -0.2) is 9.59 Å². The van der Waals surface area contributed by atoms with Gasteiger partial charge in [0.1, 0.15) is 13.2 Å². The summed E-state index contributed by atoms with van der Waals surface area (Å²) in [6.45, 7) is 11.2. The van der Waals surface area contributed by atoms with Crippen LogP contribution in [0.1, 0.15) is 115 Å². The lowest BCUT2D eigenvalue weighted by atomic mass is 9.85. The fourth-order valence-corrected chi connectivity index (χ4v) is 5.37. The molecule has 2 aliphatic heterocycles. The average Bonchev–Trinajstić information content (AvgIpc) is 3.39. The van der Waals surface area contributed by atoms with E-state index in [0.29, 0.717) is 22.3 Å². The molecule has 3 aromatic rings. The Labute approximate surface area is 267 Å². The number of imide groups is 2. The number of esters is 2. The minimum absolute atomic E-state index is 0.0693. The van der Waals surface area contributed by atoms with E-state index < -0.39 is 35.6 Å². The largest absolute Gasteiger partial charge is 0.460 e. The standard InChI is InChI=1S/C36H36N2O8/c1-35(2,3)21-11-13-23-27(19-21)31(41)37(29(23)39)15-17-45-33(43)25-9-7-8-10-26(25)34(44)46-18-16-38-30(40)24-14-12-22(36(4,5)6)20-28(24)32(38)42/h7-14,19-20H,15-18H2,1-6H3. The van der Waals surface area contributed by atoms with Crippen LogP contribution in [0, 0.1) is 0 Å². The summed E-state index contributed by atoms with van der Waals surface area (Å²) in [5.74, 6) is -3.53. The van der Waals surface area contributed by atoms with Crippen LogP contribution in [0.4, 0.5) is 0 Å². The van der Waals surface area contributed by atoms with Crippen molar-refractivity contribution in [3.05, 3.63) is 105 Å². The molecule has 4 amide bonds. The van der Waals surface area contributed by atoms with Crippen LogP contribution >= 0.6 is 0 Å². The summed E-state index contributed by atoms with van der Waals surface area (Å²) >= 11 is 0. The maximum atomic E-state index is 13.0. The summed E-state index contributed by atoms with van der Waals surface area (Å²) in [6.07, 6.45) is 0. The lowest BCUT2D eigenvalue weighted by molar-refractivity contribution is 0.0390. The summed E-state index contributed by atoms with van der Waals surface area (Å²) in [5.41, 5.74) is 2.51. The molecule has 0 radical (unpaired) electrons. The monoisotopic (exact) mass is 624 g/mol. The Morgan fingerprint density at radius 1 is 0.543 bits per heavy atom. The Kier molecular flexibility index (Phi) is 8.42. The quantitative estimate of drug-likeness (QED) is 0.248. The molecule has 46 heavy (non-hydrogen) atoms. The molecule has 0 unspecified atom stereocenters. The van der Waals surface area contributed by atoms with E-state index in [-0.39, 0.29) is 48.3 Å². The second-order valence-corrected chi connectivity index (χ2v) is 13.4. The Balaban J connectivity index is 1.17. The van der Waals surface area contributed by atoms with Gasteiger partial charge in [-0.05, 0) is 58.4 Å². The van der Waals surface area contributed by atoms with E-state index in [2.05, 4.69) is 0 Å². The van der Waals surface area contributed by atoms with E-state index in [1.165, 1.54) is 12.1 Å². The van der Waals surface area contributed by atoms with Crippen molar-refractivity contribution in [2.24, 2.45) is 0 Å². The van der Waals surface area contributed by atoms with E-state index in [9.17, 15) is 28.8 Å². The summed E-state index contributed by atoms with van der Waals surface area (Å²) in [4.78, 5) is 79.7. The summed E-state index contributed by atoms with van der Waals surface area (Å²) in [6, 6.07) is 16.3. The number of hydrogen-bond donors (Lipinski definition) is 0. The molecular formula is C36H36N2O8. The van der Waals surface area contributed by atoms with Crippen LogP contribution in [-0.4, -0.2) is 71.7 Å². The average molecular weight is 625 g/mol. The first-order valence-corrected chi connectivity index (χ1v) is 15.0. The summed E-state index contributed by atoms with van der Waals surface area (Å²) < 4.78 is 10.7. The molecule has 0 aromatic heterocycles. The van der Waals surface area contributed by atoms with Crippen molar-refractivity contribution in [3.63, 3.8) is 0 Å². The molecule has 238 valence electrons. The van der Waals surface area contributed by atoms with E-state index in [4.69, 9.17) is 9.47 Å². The predicted octanol–water partition coefficient (Wildman–Crippen LogP) is 5.19. The Bertz CT molecular complexity index is 1660. The van der Waals surface area contributed by atoms with Gasteiger partial charge in [0.05, 0.1) is 46.5 Å². The van der Waals surface area contributed by atoms with Gasteiger partial charge in [-0.3, -0.25) is 29.0 Å². The van der Waals surface area contributed by atoms with E-state index in [1.807, 2.05) is 53.7 Å². The van der Waals surface area contributed by atoms with Gasteiger partial charge in [0.15, 0.2) is 0 Å². The number of ether oxygens (including phenoxy) is 2. The number of carbonyl (C=O) groups is 6. The second-order valence-electron chi connectivity index (χ2n) is 13.4. The van der Waals surface area contributed by atoms with Crippen molar-refractivity contribution in [2.75, 3.05) is 26.3 Å². The molecule has 2 heterocycles. The third-order valence-electron chi connectivity index (χ3n) is 8.14. The van der Waals surface area contributed by atoms with Gasteiger partial charge in [0.25, 0.3) is 23.6 Å². The number of nitrogens with zero attached hydrogens (tertiary/aromatic N) is 2. The number of carbonyl (C=O) groups excluding carboxylic acids is 6. The maximum absolute atomic E-state index is 13.0. The molecule has 0 N–H and O–H groups in total. The molecule has 3 aromatic carbocycles. The van der Waals surface area contributed by atoms with Crippen LogP contribution in [0.3, 0.4) is 0 Å². The highest BCUT2D eigenvalue weighted by molar-refractivity contribution is 6.22. The molecule has 0 saturated carbocycles. The number of hydrogen-bond acceptors (Lipinski definition) is 8. The van der Waals surface area contributed by atoms with Crippen molar-refractivity contribution in [1.29, 1.82) is 0 Å². The molecule has 0 saturated heterocycles. The second kappa shape index (κ2) is 12.0. The highest BCUT2D eigenvalue weighted by Crippen LogP contribution is 2.31. The molecule has 10 heteroatoms. The van der Waals surface area contributed by atoms with Gasteiger partial charge in [-0.15, -0.1) is 0 Å². The SMILES string of the molecule is CC(C)(C)c1ccc2c(c1)C(=O)N(CCOC(=O)c1ccccc1C(=O)OCCN1C(=O)c3ccc(C(C)(C)C)cc3C1=O)C2=O. The molecule has 0 atom stereocenters. The van der Waals surface area contributed by atoms with Crippen LogP contribution in [-0.2, 0) is 20.3 Å². The fraction of sp³-hybridized carbons (Fsp3) is 0.333. The van der Waals surface area contributed by atoms with Crippen LogP contribution < -0.4 is 0 Å². The molecule has 0 bridgehead atoms. The lowest BCUT2D eigenvalue weighted by Crippen LogP contribution is -2.34. The highest BCUT2D eigenvalue weighted by atomic mass is 16.5. The van der Waals surface area contributed by atoms with E-state index in [1.54, 1.807) is 36.4 Å². The van der Waals surface area contributed by atoms with Gasteiger partial charge in [0.2, 0.25) is 0 Å². The first kappa shape index (κ1) is 32.3. The predicted molar refractivity (Wildman–Crippen MR) is 168 cm³/mol. The minimum atomic E-state index is -0.839. The van der Waals surface area contributed by atoms with Crippen molar-refractivity contribution in [3.8, 4) is 0 Å². The maximum Gasteiger partial charge on any atom is 0.339 e. The van der Waals surface area contributed by atoms with Gasteiger partial charge < -0.3 is 9.47 Å². The topological polar surface area (TPSA) is 127 Å². The summed E-state index contributed by atoms with van der Waals surface area (Å²) in [7, 11) is 0. The van der Waals surface area contributed by atoms with Crippen LogP contribution in [0.5, 0.6) is 0 Å². The normalized spacial score (nSPS) is 14.5. The van der Waals surface area contributed by atoms with Crippen molar-refractivity contribution in [2.45, 2.75) is 52.4 Å². The third-order valence-corrected chi connectivity index (χ3v) is 8.14. The van der Waals surface area contributed by atoms with Gasteiger partial charge in [0, 0.05) is 0 Å². The number of fused-ring (bicyclic) bond motifs is 2. The molecule has 10 nitrogen and oxygen atoms in total. The highest BCUT2D eigenvalue weighted by Gasteiger charge is 2.38. The molecular weight excluding hydrogens is 588 g/mol. The number of rotatable bonds is 8. The molecule has 0 fully saturated rings. The van der Waals surface area contributed by atoms with Crippen LogP contribution in [0.2, 0.25) is 0 Å². The fourth-order valence-electron chi connectivity index (χ4n) is 5.37. The van der Waals surface area contributed by atoms with E-state index in [0.717, 1.165) is 20.9 Å². The minimum Gasteiger partial charge on any atom is -0.460 e. The Morgan fingerprint density at radius 2 is 0.891 bits per heavy atom. The van der Waals surface area contributed by atoms with Crippen molar-refractivity contribution < 1.29 is 38.2 Å². The molecule has 0 aliphatic carbocycles. The zero-order valence-electron chi connectivity index (χ0n) is 26.8. The Hall–Kier alpha value is -5.12.